The van der Waals surface area contributed by atoms with Gasteiger partial charge in [-0.1, -0.05) is 94.4 Å². The molecule has 2 N–H and O–H groups in total. The number of aromatic nitrogens is 1. The summed E-state index contributed by atoms with van der Waals surface area (Å²) in [6.45, 7) is 9.81. The van der Waals surface area contributed by atoms with Crippen LogP contribution in [-0.2, 0) is 12.7 Å². The monoisotopic (exact) mass is 480 g/mol. The van der Waals surface area contributed by atoms with E-state index in [0.29, 0.717) is 23.3 Å². The van der Waals surface area contributed by atoms with Gasteiger partial charge in [-0.2, -0.15) is 13.2 Å². The Morgan fingerprint density at radius 3 is 2.36 bits per heavy atom. The first kappa shape index (κ1) is 30.1. The first-order valence-electron chi connectivity index (χ1n) is 10.7. The fraction of sp³-hybridized carbons (Fsp3) is 0.360. The molecule has 33 heavy (non-hydrogen) atoms. The molecule has 0 radical (unpaired) electrons. The van der Waals surface area contributed by atoms with Crippen LogP contribution in [0, 0.1) is 11.8 Å². The molecular weight excluding hydrogens is 449 g/mol. The van der Waals surface area contributed by atoms with E-state index in [9.17, 15) is 18.0 Å². The quantitative estimate of drug-likeness (QED) is 0.372. The Hall–Kier alpha value is -2.89. The number of benzene rings is 1. The molecule has 0 fully saturated rings. The number of hydrogen-bond donors (Lipinski definition) is 2. The molecule has 1 amide bonds. The number of hydrogen-bond acceptors (Lipinski definition) is 4. The summed E-state index contributed by atoms with van der Waals surface area (Å²) in [5.41, 5.74) is 0.0635. The molecule has 2 aromatic rings. The van der Waals surface area contributed by atoms with Crippen LogP contribution in [0.1, 0.15) is 67.0 Å². The number of rotatable bonds is 6. The molecule has 0 aliphatic heterocycles. The summed E-state index contributed by atoms with van der Waals surface area (Å²) in [7, 11) is 0. The summed E-state index contributed by atoms with van der Waals surface area (Å²) in [5, 5.41) is 11.2. The minimum atomic E-state index is -4.77. The van der Waals surface area contributed by atoms with Gasteiger partial charge in [-0.3, -0.25) is 4.79 Å². The van der Waals surface area contributed by atoms with Crippen molar-refractivity contribution in [2.75, 3.05) is 6.61 Å². The molecule has 0 unspecified atom stereocenters. The van der Waals surface area contributed by atoms with Crippen LogP contribution in [0.2, 0.25) is 0 Å². The lowest BCUT2D eigenvalue weighted by Gasteiger charge is -2.07. The molecule has 0 saturated heterocycles. The third-order valence-electron chi connectivity index (χ3n) is 3.54. The van der Waals surface area contributed by atoms with Crippen molar-refractivity contribution in [3.8, 4) is 11.8 Å². The van der Waals surface area contributed by atoms with Crippen LogP contribution in [0.3, 0.4) is 0 Å². The molecule has 1 heterocycles. The van der Waals surface area contributed by atoms with Crippen molar-refractivity contribution in [3.63, 3.8) is 0 Å². The van der Waals surface area contributed by atoms with Crippen LogP contribution in [0.25, 0.3) is 0 Å². The molecule has 0 aliphatic carbocycles. The summed E-state index contributed by atoms with van der Waals surface area (Å²) < 4.78 is 40.0. The summed E-state index contributed by atoms with van der Waals surface area (Å²) in [4.78, 5) is 15.3. The van der Waals surface area contributed by atoms with E-state index in [4.69, 9.17) is 5.11 Å². The van der Waals surface area contributed by atoms with E-state index in [2.05, 4.69) is 22.1 Å². The van der Waals surface area contributed by atoms with E-state index in [1.165, 1.54) is 6.08 Å². The number of amides is 1. The highest BCUT2D eigenvalue weighted by atomic mass is 32.1. The topological polar surface area (TPSA) is 62.2 Å². The number of alkyl halides is 3. The highest BCUT2D eigenvalue weighted by Crippen LogP contribution is 2.34. The average molecular weight is 481 g/mol. The maximum absolute atomic E-state index is 13.3. The zero-order valence-corrected chi connectivity index (χ0v) is 20.4. The second-order valence-electron chi connectivity index (χ2n) is 5.77. The Balaban J connectivity index is 0.00000242. The van der Waals surface area contributed by atoms with Gasteiger partial charge in [0.2, 0.25) is 0 Å². The van der Waals surface area contributed by atoms with Crippen molar-refractivity contribution < 1.29 is 23.1 Å². The van der Waals surface area contributed by atoms with Crippen LogP contribution < -0.4 is 5.32 Å². The standard InChI is InChI=1S/C21H19F3N2O2S.2C2H6/c1-2-7-15(10-6-13-27)11-12-17-26-19(21(22,23)24)18(29-17)20(28)25-14-16-8-4-3-5-9-16;2*1-2/h3-10,27H,2,13-14H2,1H3,(H,25,28);2*1-2H3/b10-6-,15-7+;;. The van der Waals surface area contributed by atoms with E-state index in [-0.39, 0.29) is 18.2 Å². The number of carbonyl (C=O) groups excluding carboxylic acids is 1. The van der Waals surface area contributed by atoms with Gasteiger partial charge in [0.1, 0.15) is 4.88 Å². The molecule has 2 rings (SSSR count). The number of aliphatic hydroxyl groups excluding tert-OH is 1. The first-order valence-corrected chi connectivity index (χ1v) is 11.6. The van der Waals surface area contributed by atoms with Crippen molar-refractivity contribution in [1.29, 1.82) is 0 Å². The summed E-state index contributed by atoms with van der Waals surface area (Å²) in [6.07, 6.45) is 0.710. The Morgan fingerprint density at radius 1 is 1.18 bits per heavy atom. The van der Waals surface area contributed by atoms with Gasteiger partial charge in [0, 0.05) is 12.1 Å². The molecule has 180 valence electrons. The molecule has 4 nitrogen and oxygen atoms in total. The van der Waals surface area contributed by atoms with Crippen molar-refractivity contribution in [3.05, 3.63) is 75.3 Å². The van der Waals surface area contributed by atoms with E-state index in [0.717, 1.165) is 5.56 Å². The predicted molar refractivity (Wildman–Crippen MR) is 129 cm³/mol. The third-order valence-corrected chi connectivity index (χ3v) is 4.51. The van der Waals surface area contributed by atoms with Gasteiger partial charge in [-0.05, 0) is 24.0 Å². The molecule has 0 saturated carbocycles. The minimum absolute atomic E-state index is 0.102. The number of nitrogens with one attached hydrogen (secondary N) is 1. The Morgan fingerprint density at radius 2 is 1.82 bits per heavy atom. The van der Waals surface area contributed by atoms with Crippen LogP contribution in [-0.4, -0.2) is 22.6 Å². The molecule has 8 heteroatoms. The molecular formula is C25H31F3N2O2S. The maximum atomic E-state index is 13.3. The SMILES string of the molecule is CC.CC.CC/C=C(C#Cc1nc(C(F)(F)F)c(C(=O)NCc2ccccc2)s1)\C=C/CO. The van der Waals surface area contributed by atoms with E-state index < -0.39 is 22.7 Å². The molecule has 0 aliphatic rings. The van der Waals surface area contributed by atoms with Crippen molar-refractivity contribution in [2.24, 2.45) is 0 Å². The summed E-state index contributed by atoms with van der Waals surface area (Å²) >= 11 is 0.596. The Labute approximate surface area is 198 Å². The second kappa shape index (κ2) is 16.7. The fourth-order valence-corrected chi connectivity index (χ4v) is 3.12. The lowest BCUT2D eigenvalue weighted by atomic mass is 10.2. The van der Waals surface area contributed by atoms with Gasteiger partial charge in [-0.15, -0.1) is 0 Å². The predicted octanol–water partition coefficient (Wildman–Crippen LogP) is 6.38. The van der Waals surface area contributed by atoms with E-state index in [1.54, 1.807) is 42.5 Å². The van der Waals surface area contributed by atoms with Crippen LogP contribution in [0.15, 0.2) is 54.1 Å². The van der Waals surface area contributed by atoms with Crippen LogP contribution in [0.5, 0.6) is 0 Å². The number of thiazole rings is 1. The largest absolute Gasteiger partial charge is 0.435 e. The van der Waals surface area contributed by atoms with Crippen molar-refractivity contribution >= 4 is 17.2 Å². The van der Waals surface area contributed by atoms with E-state index >= 15 is 0 Å². The minimum Gasteiger partial charge on any atom is -0.392 e. The Kier molecular flexibility index (Phi) is 15.2. The lowest BCUT2D eigenvalue weighted by molar-refractivity contribution is -0.141. The highest BCUT2D eigenvalue weighted by Gasteiger charge is 2.39. The molecule has 0 bridgehead atoms. The van der Waals surface area contributed by atoms with Gasteiger partial charge < -0.3 is 10.4 Å². The first-order chi connectivity index (χ1) is 15.8. The smallest absolute Gasteiger partial charge is 0.392 e. The van der Waals surface area contributed by atoms with Gasteiger partial charge in [0.15, 0.2) is 10.7 Å². The number of carbonyl (C=O) groups is 1. The van der Waals surface area contributed by atoms with Crippen LogP contribution in [0.4, 0.5) is 13.2 Å². The maximum Gasteiger partial charge on any atom is 0.435 e. The van der Waals surface area contributed by atoms with Gasteiger partial charge >= 0.3 is 6.18 Å². The highest BCUT2D eigenvalue weighted by molar-refractivity contribution is 7.14. The molecule has 0 spiro atoms. The number of halogens is 3. The number of nitrogens with zero attached hydrogens (tertiary/aromatic N) is 1. The summed E-state index contributed by atoms with van der Waals surface area (Å²) in [5.74, 6) is 4.45. The fourth-order valence-electron chi connectivity index (χ4n) is 2.26. The summed E-state index contributed by atoms with van der Waals surface area (Å²) in [6, 6.07) is 8.87. The van der Waals surface area contributed by atoms with Crippen molar-refractivity contribution in [1.82, 2.24) is 10.3 Å². The molecule has 0 atom stereocenters. The Bertz CT molecular complexity index is 954. The van der Waals surface area contributed by atoms with Gasteiger partial charge in [0.05, 0.1) is 6.61 Å². The lowest BCUT2D eigenvalue weighted by Crippen LogP contribution is -2.24. The zero-order valence-electron chi connectivity index (χ0n) is 19.6. The molecule has 1 aromatic heterocycles. The number of aliphatic hydroxyl groups is 1. The number of allylic oxidation sites excluding steroid dienone is 3. The van der Waals surface area contributed by atoms with Gasteiger partial charge in [0.25, 0.3) is 5.91 Å². The zero-order chi connectivity index (χ0) is 25.3. The molecule has 1 aromatic carbocycles. The third kappa shape index (κ3) is 11.0. The normalized spacial score (nSPS) is 10.9. The second-order valence-corrected chi connectivity index (χ2v) is 6.76. The van der Waals surface area contributed by atoms with Crippen LogP contribution >= 0.6 is 11.3 Å². The van der Waals surface area contributed by atoms with E-state index in [1.807, 2.05) is 34.6 Å². The van der Waals surface area contributed by atoms with Crippen molar-refractivity contribution in [2.45, 2.75) is 53.8 Å². The van der Waals surface area contributed by atoms with Gasteiger partial charge in [-0.25, -0.2) is 4.98 Å². The average Bonchev–Trinajstić information content (AvgIpc) is 3.28.